The summed E-state index contributed by atoms with van der Waals surface area (Å²) < 4.78 is 24.4. The van der Waals surface area contributed by atoms with E-state index in [2.05, 4.69) is 5.32 Å². The number of rotatable bonds is 7. The number of aliphatic hydroxyl groups is 2. The molecule has 1 amide bonds. The molecule has 6 atom stereocenters. The Balaban J connectivity index is 1.99. The van der Waals surface area contributed by atoms with E-state index in [0.29, 0.717) is 10.8 Å². The summed E-state index contributed by atoms with van der Waals surface area (Å²) in [6.07, 6.45) is -5.49. The first-order chi connectivity index (χ1) is 13.9. The average molecular weight is 432 g/mol. The van der Waals surface area contributed by atoms with Crippen molar-refractivity contribution < 1.29 is 33.7 Å². The maximum absolute atomic E-state index is 13.5. The van der Waals surface area contributed by atoms with Crippen molar-refractivity contribution in [3.8, 4) is 0 Å². The van der Waals surface area contributed by atoms with Gasteiger partial charge in [-0.05, 0) is 12.8 Å². The number of amides is 1. The molecule has 0 aliphatic carbocycles. The number of nitrogens with one attached hydrogen (secondary N) is 2. The summed E-state index contributed by atoms with van der Waals surface area (Å²) in [4.78, 5) is 48.6. The number of halogens is 1. The summed E-state index contributed by atoms with van der Waals surface area (Å²) >= 11 is 0. The lowest BCUT2D eigenvalue weighted by Gasteiger charge is -2.20. The number of esters is 1. The lowest BCUT2D eigenvalue weighted by Crippen LogP contribution is -2.50. The van der Waals surface area contributed by atoms with Crippen LogP contribution in [0.25, 0.3) is 0 Å². The quantitative estimate of drug-likeness (QED) is 0.286. The number of nitrogens with two attached hydrogens (primary N) is 1. The average Bonchev–Trinajstić information content (AvgIpc) is 2.96. The Labute approximate surface area is 169 Å². The predicted molar refractivity (Wildman–Crippen MR) is 98.6 cm³/mol. The van der Waals surface area contributed by atoms with E-state index >= 15 is 0 Å². The van der Waals surface area contributed by atoms with E-state index in [4.69, 9.17) is 15.2 Å². The molecule has 12 nitrogen and oxygen atoms in total. The van der Waals surface area contributed by atoms with Crippen LogP contribution in [-0.4, -0.2) is 68.6 Å². The number of nitrogens with zero attached hydrogens (tertiary/aromatic N) is 1. The third-order valence-corrected chi connectivity index (χ3v) is 4.66. The summed E-state index contributed by atoms with van der Waals surface area (Å²) in [5.74, 6) is -2.82. The molecule has 0 spiro atoms. The molecule has 1 aliphatic rings. The van der Waals surface area contributed by atoms with Crippen LogP contribution in [0.1, 0.15) is 27.0 Å². The monoisotopic (exact) mass is 432 g/mol. The second-order valence-electron chi connectivity index (χ2n) is 7.32. The Morgan fingerprint density at radius 1 is 1.33 bits per heavy atom. The molecule has 1 saturated heterocycles. The van der Waals surface area contributed by atoms with Gasteiger partial charge in [0.1, 0.15) is 31.0 Å². The van der Waals surface area contributed by atoms with Gasteiger partial charge >= 0.3 is 11.7 Å². The van der Waals surface area contributed by atoms with E-state index in [1.54, 1.807) is 18.8 Å². The second kappa shape index (κ2) is 9.47. The first-order valence-electron chi connectivity index (χ1n) is 9.19. The number of aromatic nitrogens is 2. The maximum atomic E-state index is 13.5. The number of hydrogen-bond acceptors (Lipinski definition) is 9. The van der Waals surface area contributed by atoms with Crippen molar-refractivity contribution in [2.75, 3.05) is 6.61 Å². The minimum absolute atomic E-state index is 0.144. The van der Waals surface area contributed by atoms with Gasteiger partial charge in [-0.2, -0.15) is 4.39 Å². The Hall–Kier alpha value is -2.61. The first-order valence-corrected chi connectivity index (χ1v) is 9.19. The third-order valence-electron chi connectivity index (χ3n) is 4.66. The minimum atomic E-state index is -1.67. The van der Waals surface area contributed by atoms with Gasteiger partial charge in [-0.25, -0.2) is 9.59 Å². The lowest BCUT2D eigenvalue weighted by atomic mass is 10.0. The molecule has 13 heteroatoms. The molecule has 0 saturated carbocycles. The van der Waals surface area contributed by atoms with Gasteiger partial charge in [0.05, 0.1) is 12.2 Å². The first kappa shape index (κ1) is 23.7. The zero-order chi connectivity index (χ0) is 22.7. The molecule has 1 aromatic heterocycles. The van der Waals surface area contributed by atoms with Gasteiger partial charge in [-0.1, -0.05) is 13.8 Å². The third kappa shape index (κ3) is 5.11. The summed E-state index contributed by atoms with van der Waals surface area (Å²) in [6.45, 7) is 4.34. The molecule has 1 aromatic rings. The van der Waals surface area contributed by atoms with Crippen LogP contribution >= 0.6 is 0 Å². The number of aliphatic hydroxyl groups excluding tert-OH is 2. The highest BCUT2D eigenvalue weighted by Gasteiger charge is 2.45. The van der Waals surface area contributed by atoms with Crippen molar-refractivity contribution in [3.63, 3.8) is 0 Å². The Kier molecular flexibility index (Phi) is 7.47. The van der Waals surface area contributed by atoms with E-state index in [1.165, 1.54) is 6.92 Å². The van der Waals surface area contributed by atoms with Crippen LogP contribution in [-0.2, 0) is 19.1 Å². The maximum Gasteiger partial charge on any atom is 0.330 e. The SMILES string of the molecule is CC(C)[C@H](N)C(=O)N[C@@H](C)C(=O)OC[C@H]1O[C@@H](n2cc(F)c(=O)[nH]c2=O)[C@H](O)[C@@H]1O. The molecule has 0 aromatic carbocycles. The summed E-state index contributed by atoms with van der Waals surface area (Å²) in [5.41, 5.74) is 3.39. The second-order valence-corrected chi connectivity index (χ2v) is 7.32. The Morgan fingerprint density at radius 3 is 2.57 bits per heavy atom. The number of carbonyl (C=O) groups is 2. The number of ether oxygens (including phenoxy) is 2. The summed E-state index contributed by atoms with van der Waals surface area (Å²) in [5, 5.41) is 22.6. The van der Waals surface area contributed by atoms with E-state index in [1.807, 2.05) is 0 Å². The van der Waals surface area contributed by atoms with E-state index in [0.717, 1.165) is 0 Å². The molecule has 168 valence electrons. The standard InChI is InChI=1S/C17H25FN4O8/c1-6(2)10(19)14(26)20-7(3)16(27)29-5-9-11(23)12(24)15(30-9)22-4-8(18)13(25)21-17(22)28/h4,6-7,9-12,15,23-24H,5,19H2,1-3H3,(H,20,26)(H,21,25,28)/t7-,9+,10-,11+,12+,15+/m0/s1. The molecular formula is C17H25FN4O8. The van der Waals surface area contributed by atoms with Crippen LogP contribution in [0.15, 0.2) is 15.8 Å². The van der Waals surface area contributed by atoms with Crippen LogP contribution in [0.4, 0.5) is 4.39 Å². The van der Waals surface area contributed by atoms with Gasteiger partial charge in [0.2, 0.25) is 11.7 Å². The lowest BCUT2D eigenvalue weighted by molar-refractivity contribution is -0.153. The molecular weight excluding hydrogens is 407 g/mol. The Morgan fingerprint density at radius 2 is 1.97 bits per heavy atom. The topological polar surface area (TPSA) is 186 Å². The van der Waals surface area contributed by atoms with Crippen molar-refractivity contribution in [1.82, 2.24) is 14.9 Å². The van der Waals surface area contributed by atoms with Crippen LogP contribution in [0.5, 0.6) is 0 Å². The molecule has 1 fully saturated rings. The fourth-order valence-electron chi connectivity index (χ4n) is 2.71. The van der Waals surface area contributed by atoms with Crippen LogP contribution < -0.4 is 22.3 Å². The number of hydrogen-bond donors (Lipinski definition) is 5. The highest BCUT2D eigenvalue weighted by Crippen LogP contribution is 2.28. The summed E-state index contributed by atoms with van der Waals surface area (Å²) in [6, 6.07) is -1.86. The Bertz CT molecular complexity index is 900. The molecule has 2 rings (SSSR count). The predicted octanol–water partition coefficient (Wildman–Crippen LogP) is -2.67. The van der Waals surface area contributed by atoms with Gasteiger partial charge in [0, 0.05) is 0 Å². The number of aromatic amines is 1. The fourth-order valence-corrected chi connectivity index (χ4v) is 2.71. The zero-order valence-electron chi connectivity index (χ0n) is 16.6. The van der Waals surface area contributed by atoms with Crippen LogP contribution in [0.3, 0.4) is 0 Å². The van der Waals surface area contributed by atoms with Gasteiger partial charge in [-0.3, -0.25) is 19.1 Å². The van der Waals surface area contributed by atoms with Crippen molar-refractivity contribution in [2.45, 2.75) is 57.4 Å². The molecule has 2 heterocycles. The van der Waals surface area contributed by atoms with Crippen molar-refractivity contribution >= 4 is 11.9 Å². The molecule has 1 aliphatic heterocycles. The molecule has 30 heavy (non-hydrogen) atoms. The number of carbonyl (C=O) groups excluding carboxylic acids is 2. The minimum Gasteiger partial charge on any atom is -0.461 e. The highest BCUT2D eigenvalue weighted by molar-refractivity contribution is 5.87. The van der Waals surface area contributed by atoms with Gasteiger partial charge < -0.3 is 30.7 Å². The van der Waals surface area contributed by atoms with E-state index in [9.17, 15) is 33.8 Å². The van der Waals surface area contributed by atoms with Crippen molar-refractivity contribution in [2.24, 2.45) is 11.7 Å². The van der Waals surface area contributed by atoms with Crippen LogP contribution in [0, 0.1) is 11.7 Å². The zero-order valence-corrected chi connectivity index (χ0v) is 16.6. The normalized spacial score (nSPS) is 25.7. The van der Waals surface area contributed by atoms with Crippen molar-refractivity contribution in [3.05, 3.63) is 32.9 Å². The van der Waals surface area contributed by atoms with Gasteiger partial charge in [-0.15, -0.1) is 0 Å². The van der Waals surface area contributed by atoms with Crippen molar-refractivity contribution in [1.29, 1.82) is 0 Å². The largest absolute Gasteiger partial charge is 0.461 e. The number of H-pyrrole nitrogens is 1. The molecule has 0 bridgehead atoms. The smallest absolute Gasteiger partial charge is 0.330 e. The van der Waals surface area contributed by atoms with Gasteiger partial charge in [0.15, 0.2) is 6.23 Å². The fraction of sp³-hybridized carbons (Fsp3) is 0.647. The van der Waals surface area contributed by atoms with E-state index in [-0.39, 0.29) is 5.92 Å². The highest BCUT2D eigenvalue weighted by atomic mass is 19.1. The van der Waals surface area contributed by atoms with Crippen LogP contribution in [0.2, 0.25) is 0 Å². The van der Waals surface area contributed by atoms with E-state index < -0.39 is 72.2 Å². The molecule has 0 unspecified atom stereocenters. The summed E-state index contributed by atoms with van der Waals surface area (Å²) in [7, 11) is 0. The molecule has 6 N–H and O–H groups in total. The molecule has 0 radical (unpaired) electrons. The van der Waals surface area contributed by atoms with Gasteiger partial charge in [0.25, 0.3) is 5.56 Å².